The zero-order chi connectivity index (χ0) is 14.4. The van der Waals surface area contributed by atoms with E-state index in [2.05, 4.69) is 10.6 Å². The van der Waals surface area contributed by atoms with Crippen molar-refractivity contribution in [1.82, 2.24) is 10.6 Å². The van der Waals surface area contributed by atoms with Gasteiger partial charge in [0.05, 0.1) is 0 Å². The van der Waals surface area contributed by atoms with Gasteiger partial charge >= 0.3 is 0 Å². The van der Waals surface area contributed by atoms with Crippen molar-refractivity contribution in [3.8, 4) is 0 Å². The van der Waals surface area contributed by atoms with Crippen LogP contribution in [0.15, 0.2) is 18.2 Å². The van der Waals surface area contributed by atoms with Crippen molar-refractivity contribution in [1.29, 1.82) is 0 Å². The Kier molecular flexibility index (Phi) is 6.25. The van der Waals surface area contributed by atoms with E-state index in [0.29, 0.717) is 23.6 Å². The minimum atomic E-state index is -0.296. The van der Waals surface area contributed by atoms with Gasteiger partial charge in [0.1, 0.15) is 5.82 Å². The van der Waals surface area contributed by atoms with E-state index in [4.69, 9.17) is 11.6 Å². The van der Waals surface area contributed by atoms with E-state index < -0.39 is 0 Å². The third-order valence-electron chi connectivity index (χ3n) is 2.59. The summed E-state index contributed by atoms with van der Waals surface area (Å²) in [5, 5.41) is 6.43. The Morgan fingerprint density at radius 1 is 1.37 bits per heavy atom. The highest BCUT2D eigenvalue weighted by Crippen LogP contribution is 2.14. The van der Waals surface area contributed by atoms with Gasteiger partial charge in [-0.2, -0.15) is 0 Å². The summed E-state index contributed by atoms with van der Waals surface area (Å²) in [4.78, 5) is 11.5. The molecule has 0 unspecified atom stereocenters. The van der Waals surface area contributed by atoms with Gasteiger partial charge in [0, 0.05) is 35.6 Å². The Morgan fingerprint density at radius 3 is 2.68 bits per heavy atom. The molecule has 0 bridgehead atoms. The molecule has 5 heteroatoms. The van der Waals surface area contributed by atoms with E-state index in [9.17, 15) is 9.18 Å². The van der Waals surface area contributed by atoms with Crippen molar-refractivity contribution >= 4 is 17.5 Å². The molecule has 106 valence electrons. The van der Waals surface area contributed by atoms with Crippen LogP contribution in [0.1, 0.15) is 32.8 Å². The average molecular weight is 287 g/mol. The molecule has 1 aromatic carbocycles. The van der Waals surface area contributed by atoms with Gasteiger partial charge in [0.2, 0.25) is 5.91 Å². The van der Waals surface area contributed by atoms with E-state index in [1.807, 2.05) is 20.8 Å². The molecular formula is C14H20ClFN2O. The molecule has 0 saturated carbocycles. The summed E-state index contributed by atoms with van der Waals surface area (Å²) in [6, 6.07) is 4.54. The summed E-state index contributed by atoms with van der Waals surface area (Å²) in [5.41, 5.74) is 0.503. The van der Waals surface area contributed by atoms with Crippen molar-refractivity contribution in [3.05, 3.63) is 34.6 Å². The highest BCUT2D eigenvalue weighted by atomic mass is 35.5. The van der Waals surface area contributed by atoms with Crippen LogP contribution in [0.4, 0.5) is 4.39 Å². The van der Waals surface area contributed by atoms with Gasteiger partial charge in [-0.3, -0.25) is 4.79 Å². The molecule has 0 saturated heterocycles. The normalized spacial score (nSPS) is 12.5. The number of carbonyl (C=O) groups is 1. The third-order valence-corrected chi connectivity index (χ3v) is 2.83. The highest BCUT2D eigenvalue weighted by Gasteiger charge is 2.10. The fraction of sp³-hybridized carbons (Fsp3) is 0.500. The molecule has 0 aliphatic rings. The number of benzene rings is 1. The fourth-order valence-electron chi connectivity index (χ4n) is 1.69. The molecule has 0 aromatic heterocycles. The minimum Gasteiger partial charge on any atom is -0.354 e. The van der Waals surface area contributed by atoms with Crippen molar-refractivity contribution < 1.29 is 9.18 Å². The predicted molar refractivity (Wildman–Crippen MR) is 75.6 cm³/mol. The van der Waals surface area contributed by atoms with Crippen LogP contribution in [0, 0.1) is 5.82 Å². The molecule has 1 amide bonds. The van der Waals surface area contributed by atoms with Gasteiger partial charge in [-0.1, -0.05) is 11.6 Å². The van der Waals surface area contributed by atoms with Crippen molar-refractivity contribution in [2.75, 3.05) is 0 Å². The molecule has 0 fully saturated rings. The number of amides is 1. The van der Waals surface area contributed by atoms with Crippen LogP contribution < -0.4 is 10.6 Å². The van der Waals surface area contributed by atoms with E-state index >= 15 is 0 Å². The average Bonchev–Trinajstić information content (AvgIpc) is 2.29. The first-order valence-corrected chi connectivity index (χ1v) is 6.73. The molecule has 1 rings (SSSR count). The van der Waals surface area contributed by atoms with Crippen LogP contribution in [0.5, 0.6) is 0 Å². The monoisotopic (exact) mass is 286 g/mol. The number of hydrogen-bond donors (Lipinski definition) is 2. The number of hydrogen-bond acceptors (Lipinski definition) is 2. The Balaban J connectivity index is 2.43. The Hall–Kier alpha value is -1.13. The molecule has 0 aliphatic carbocycles. The quantitative estimate of drug-likeness (QED) is 0.844. The van der Waals surface area contributed by atoms with E-state index in [0.717, 1.165) is 0 Å². The van der Waals surface area contributed by atoms with Gasteiger partial charge in [-0.05, 0) is 39.0 Å². The van der Waals surface area contributed by atoms with Crippen LogP contribution in [0.25, 0.3) is 0 Å². The van der Waals surface area contributed by atoms with Gasteiger partial charge in [-0.15, -0.1) is 0 Å². The summed E-state index contributed by atoms with van der Waals surface area (Å²) in [5.74, 6) is -0.308. The predicted octanol–water partition coefficient (Wildman–Crippen LogP) is 2.87. The lowest BCUT2D eigenvalue weighted by Crippen LogP contribution is -2.36. The van der Waals surface area contributed by atoms with Crippen LogP contribution >= 0.6 is 11.6 Å². The minimum absolute atomic E-state index is 0.0124. The summed E-state index contributed by atoms with van der Waals surface area (Å²) >= 11 is 5.82. The lowest BCUT2D eigenvalue weighted by molar-refractivity contribution is -0.122. The van der Waals surface area contributed by atoms with Gasteiger partial charge in [0.25, 0.3) is 0 Å². The maximum Gasteiger partial charge on any atom is 0.221 e. The van der Waals surface area contributed by atoms with Crippen molar-refractivity contribution in [3.63, 3.8) is 0 Å². The lowest BCUT2D eigenvalue weighted by Gasteiger charge is -2.15. The smallest absolute Gasteiger partial charge is 0.221 e. The first-order valence-electron chi connectivity index (χ1n) is 6.35. The number of nitrogens with one attached hydrogen (secondary N) is 2. The largest absolute Gasteiger partial charge is 0.354 e. The van der Waals surface area contributed by atoms with Gasteiger partial charge in [0.15, 0.2) is 0 Å². The fourth-order valence-corrected chi connectivity index (χ4v) is 1.89. The Bertz CT molecular complexity index is 437. The zero-order valence-electron chi connectivity index (χ0n) is 11.5. The summed E-state index contributed by atoms with van der Waals surface area (Å²) < 4.78 is 13.5. The van der Waals surface area contributed by atoms with E-state index in [1.54, 1.807) is 6.07 Å². The summed E-state index contributed by atoms with van der Waals surface area (Å²) in [6.45, 7) is 6.07. The standard InChI is InChI=1S/C14H20ClFN2O/c1-9(2)18-14(19)6-10(3)17-8-11-7-12(15)4-5-13(11)16/h4-5,7,9-10,17H,6,8H2,1-3H3,(H,18,19)/t10-/m0/s1. The topological polar surface area (TPSA) is 41.1 Å². The first kappa shape index (κ1) is 15.9. The lowest BCUT2D eigenvalue weighted by atomic mass is 10.1. The van der Waals surface area contributed by atoms with Crippen molar-refractivity contribution in [2.45, 2.75) is 45.8 Å². The van der Waals surface area contributed by atoms with Gasteiger partial charge in [-0.25, -0.2) is 4.39 Å². The van der Waals surface area contributed by atoms with Crippen LogP contribution in [-0.4, -0.2) is 18.0 Å². The molecule has 0 heterocycles. The van der Waals surface area contributed by atoms with Crippen LogP contribution in [0.3, 0.4) is 0 Å². The summed E-state index contributed by atoms with van der Waals surface area (Å²) in [6.07, 6.45) is 0.361. The molecule has 3 nitrogen and oxygen atoms in total. The van der Waals surface area contributed by atoms with Crippen LogP contribution in [0.2, 0.25) is 5.02 Å². The molecule has 19 heavy (non-hydrogen) atoms. The number of rotatable bonds is 6. The second-order valence-electron chi connectivity index (χ2n) is 4.94. The van der Waals surface area contributed by atoms with E-state index in [1.165, 1.54) is 12.1 Å². The molecular weight excluding hydrogens is 267 g/mol. The van der Waals surface area contributed by atoms with Gasteiger partial charge < -0.3 is 10.6 Å². The molecule has 1 atom stereocenters. The molecule has 0 radical (unpaired) electrons. The SMILES string of the molecule is CC(C)NC(=O)C[C@H](C)NCc1cc(Cl)ccc1F. The molecule has 2 N–H and O–H groups in total. The molecule has 1 aromatic rings. The maximum absolute atomic E-state index is 13.5. The third kappa shape index (κ3) is 6.03. The number of carbonyl (C=O) groups excluding carboxylic acids is 1. The van der Waals surface area contributed by atoms with Crippen LogP contribution in [-0.2, 0) is 11.3 Å². The second-order valence-corrected chi connectivity index (χ2v) is 5.38. The summed E-state index contributed by atoms with van der Waals surface area (Å²) in [7, 11) is 0. The second kappa shape index (κ2) is 7.46. The maximum atomic E-state index is 13.5. The number of halogens is 2. The van der Waals surface area contributed by atoms with E-state index in [-0.39, 0.29) is 23.8 Å². The molecule has 0 aliphatic heterocycles. The highest BCUT2D eigenvalue weighted by molar-refractivity contribution is 6.30. The zero-order valence-corrected chi connectivity index (χ0v) is 12.2. The van der Waals surface area contributed by atoms with Crippen molar-refractivity contribution in [2.24, 2.45) is 0 Å². The Morgan fingerprint density at radius 2 is 2.05 bits per heavy atom. The first-order chi connectivity index (χ1) is 8.88. The molecule has 0 spiro atoms. The Labute approximate surface area is 118 Å².